The van der Waals surface area contributed by atoms with Crippen LogP contribution in [0.25, 0.3) is 0 Å². The molecule has 1 N–H and O–H groups in total. The Kier molecular flexibility index (Phi) is 8.05. The molecule has 0 spiro atoms. The van der Waals surface area contributed by atoms with Crippen molar-refractivity contribution in [3.05, 3.63) is 22.6 Å². The molecule has 0 aliphatic carbocycles. The SMILES string of the molecule is CCCN(C)c1cnn(CCCCNCC(C)C)c(=O)c1. The Labute approximate surface area is 128 Å². The van der Waals surface area contributed by atoms with Crippen LogP contribution in [0, 0.1) is 5.92 Å². The highest BCUT2D eigenvalue weighted by atomic mass is 16.1. The Morgan fingerprint density at radius 2 is 2.14 bits per heavy atom. The molecule has 0 amide bonds. The molecule has 0 unspecified atom stereocenters. The molecular weight excluding hydrogens is 264 g/mol. The summed E-state index contributed by atoms with van der Waals surface area (Å²) < 4.78 is 1.56. The van der Waals surface area contributed by atoms with Crippen LogP contribution in [0.5, 0.6) is 0 Å². The monoisotopic (exact) mass is 294 g/mol. The number of anilines is 1. The number of unbranched alkanes of at least 4 members (excludes halogenated alkanes) is 1. The van der Waals surface area contributed by atoms with Gasteiger partial charge >= 0.3 is 0 Å². The van der Waals surface area contributed by atoms with E-state index >= 15 is 0 Å². The molecule has 120 valence electrons. The third-order valence-corrected chi connectivity index (χ3v) is 3.38. The zero-order chi connectivity index (χ0) is 15.7. The summed E-state index contributed by atoms with van der Waals surface area (Å²) in [5, 5.41) is 7.68. The highest BCUT2D eigenvalue weighted by Crippen LogP contribution is 2.07. The Morgan fingerprint density at radius 1 is 1.38 bits per heavy atom. The predicted octanol–water partition coefficient (Wildman–Crippen LogP) is 2.12. The number of aryl methyl sites for hydroxylation is 1. The maximum Gasteiger partial charge on any atom is 0.268 e. The van der Waals surface area contributed by atoms with Crippen LogP contribution in [0.3, 0.4) is 0 Å². The second kappa shape index (κ2) is 9.55. The van der Waals surface area contributed by atoms with Crippen molar-refractivity contribution in [1.82, 2.24) is 15.1 Å². The normalized spacial score (nSPS) is 11.1. The van der Waals surface area contributed by atoms with E-state index in [0.717, 1.165) is 44.6 Å². The van der Waals surface area contributed by atoms with Crippen molar-refractivity contribution in [1.29, 1.82) is 0 Å². The molecule has 0 saturated heterocycles. The summed E-state index contributed by atoms with van der Waals surface area (Å²) in [6.07, 6.45) is 4.89. The Hall–Kier alpha value is -1.36. The Bertz CT molecular complexity index is 456. The summed E-state index contributed by atoms with van der Waals surface area (Å²) in [5.41, 5.74) is 0.891. The molecule has 0 fully saturated rings. The average molecular weight is 294 g/mol. The number of nitrogens with one attached hydrogen (secondary N) is 1. The third kappa shape index (κ3) is 6.76. The minimum atomic E-state index is -0.00871. The Balaban J connectivity index is 2.37. The summed E-state index contributed by atoms with van der Waals surface area (Å²) in [7, 11) is 1.99. The molecule has 0 atom stereocenters. The molecule has 0 aliphatic heterocycles. The molecule has 0 saturated carbocycles. The minimum Gasteiger partial charge on any atom is -0.373 e. The first-order chi connectivity index (χ1) is 10.0. The topological polar surface area (TPSA) is 50.2 Å². The molecule has 0 bridgehead atoms. The van der Waals surface area contributed by atoms with E-state index in [0.29, 0.717) is 12.5 Å². The summed E-state index contributed by atoms with van der Waals surface area (Å²) in [6, 6.07) is 1.68. The smallest absolute Gasteiger partial charge is 0.268 e. The van der Waals surface area contributed by atoms with Gasteiger partial charge in [-0.1, -0.05) is 20.8 Å². The van der Waals surface area contributed by atoms with E-state index in [1.165, 1.54) is 0 Å². The maximum atomic E-state index is 12.0. The van der Waals surface area contributed by atoms with Gasteiger partial charge in [0.15, 0.2) is 0 Å². The average Bonchev–Trinajstić information content (AvgIpc) is 2.44. The first-order valence-corrected chi connectivity index (χ1v) is 8.03. The van der Waals surface area contributed by atoms with Crippen LogP contribution < -0.4 is 15.8 Å². The zero-order valence-corrected chi connectivity index (χ0v) is 13.9. The molecule has 1 aromatic heterocycles. The molecule has 5 nitrogen and oxygen atoms in total. The molecule has 1 aromatic rings. The van der Waals surface area contributed by atoms with Gasteiger partial charge in [-0.15, -0.1) is 0 Å². The van der Waals surface area contributed by atoms with Crippen molar-refractivity contribution < 1.29 is 0 Å². The maximum absolute atomic E-state index is 12.0. The van der Waals surface area contributed by atoms with Gasteiger partial charge in [0.1, 0.15) is 0 Å². The second-order valence-electron chi connectivity index (χ2n) is 6.00. The van der Waals surface area contributed by atoms with E-state index in [2.05, 4.69) is 36.1 Å². The highest BCUT2D eigenvalue weighted by molar-refractivity contribution is 5.41. The second-order valence-corrected chi connectivity index (χ2v) is 6.00. The lowest BCUT2D eigenvalue weighted by Gasteiger charge is -2.17. The fourth-order valence-corrected chi connectivity index (χ4v) is 2.17. The molecular formula is C16H30N4O. The van der Waals surface area contributed by atoms with Crippen LogP contribution in [-0.4, -0.2) is 36.5 Å². The van der Waals surface area contributed by atoms with Crippen LogP contribution in [0.1, 0.15) is 40.0 Å². The summed E-state index contributed by atoms with van der Waals surface area (Å²) in [6.45, 7) is 10.2. The first kappa shape index (κ1) is 17.7. The molecule has 1 rings (SSSR count). The molecule has 5 heteroatoms. The van der Waals surface area contributed by atoms with Gasteiger partial charge < -0.3 is 10.2 Å². The standard InChI is InChI=1S/C16H30N4O/c1-5-9-19(4)15-11-16(21)20(18-13-15)10-7-6-8-17-12-14(2)3/h11,13-14,17H,5-10,12H2,1-4H3. The van der Waals surface area contributed by atoms with Crippen LogP contribution in [0.4, 0.5) is 5.69 Å². The van der Waals surface area contributed by atoms with Gasteiger partial charge in [-0.05, 0) is 38.3 Å². The van der Waals surface area contributed by atoms with Crippen molar-refractivity contribution in [3.8, 4) is 0 Å². The number of aromatic nitrogens is 2. The van der Waals surface area contributed by atoms with E-state index in [1.54, 1.807) is 16.9 Å². The van der Waals surface area contributed by atoms with Gasteiger partial charge in [0, 0.05) is 26.2 Å². The fourth-order valence-electron chi connectivity index (χ4n) is 2.17. The molecule has 0 aromatic carbocycles. The van der Waals surface area contributed by atoms with E-state index in [9.17, 15) is 4.79 Å². The highest BCUT2D eigenvalue weighted by Gasteiger charge is 2.04. The van der Waals surface area contributed by atoms with E-state index in [4.69, 9.17) is 0 Å². The third-order valence-electron chi connectivity index (χ3n) is 3.38. The van der Waals surface area contributed by atoms with Crippen LogP contribution in [-0.2, 0) is 6.54 Å². The van der Waals surface area contributed by atoms with E-state index in [1.807, 2.05) is 7.05 Å². The van der Waals surface area contributed by atoms with Crippen LogP contribution in [0.2, 0.25) is 0 Å². The fraction of sp³-hybridized carbons (Fsp3) is 0.750. The zero-order valence-electron chi connectivity index (χ0n) is 13.9. The molecule has 21 heavy (non-hydrogen) atoms. The van der Waals surface area contributed by atoms with E-state index < -0.39 is 0 Å². The molecule has 0 aliphatic rings. The number of hydrogen-bond donors (Lipinski definition) is 1. The summed E-state index contributed by atoms with van der Waals surface area (Å²) in [4.78, 5) is 14.1. The minimum absolute atomic E-state index is 0.00871. The van der Waals surface area contributed by atoms with Gasteiger partial charge in [0.05, 0.1) is 11.9 Å². The van der Waals surface area contributed by atoms with Crippen molar-refractivity contribution in [2.24, 2.45) is 5.92 Å². The van der Waals surface area contributed by atoms with Crippen LogP contribution in [0.15, 0.2) is 17.1 Å². The lowest BCUT2D eigenvalue weighted by molar-refractivity contribution is 0.495. The lowest BCUT2D eigenvalue weighted by Crippen LogP contribution is -2.26. The predicted molar refractivity (Wildman–Crippen MR) is 89.0 cm³/mol. The van der Waals surface area contributed by atoms with Gasteiger partial charge in [-0.2, -0.15) is 5.10 Å². The van der Waals surface area contributed by atoms with Crippen molar-refractivity contribution in [3.63, 3.8) is 0 Å². The first-order valence-electron chi connectivity index (χ1n) is 8.03. The quantitative estimate of drug-likeness (QED) is 0.672. The van der Waals surface area contributed by atoms with Crippen molar-refractivity contribution in [2.45, 2.75) is 46.6 Å². The van der Waals surface area contributed by atoms with Gasteiger partial charge in [0.25, 0.3) is 5.56 Å². The number of hydrogen-bond acceptors (Lipinski definition) is 4. The van der Waals surface area contributed by atoms with E-state index in [-0.39, 0.29) is 5.56 Å². The summed E-state index contributed by atoms with van der Waals surface area (Å²) in [5.74, 6) is 0.682. The number of rotatable bonds is 10. The molecule has 0 radical (unpaired) electrons. The number of nitrogens with zero attached hydrogens (tertiary/aromatic N) is 3. The van der Waals surface area contributed by atoms with Gasteiger partial charge in [0.2, 0.25) is 0 Å². The van der Waals surface area contributed by atoms with Gasteiger partial charge in [-0.25, -0.2) is 4.68 Å². The lowest BCUT2D eigenvalue weighted by atomic mass is 10.2. The van der Waals surface area contributed by atoms with Crippen LogP contribution >= 0.6 is 0 Å². The van der Waals surface area contributed by atoms with Crippen molar-refractivity contribution >= 4 is 5.69 Å². The van der Waals surface area contributed by atoms with Crippen molar-refractivity contribution in [2.75, 3.05) is 31.6 Å². The van der Waals surface area contributed by atoms with Gasteiger partial charge in [-0.3, -0.25) is 4.79 Å². The molecule has 1 heterocycles. The summed E-state index contributed by atoms with van der Waals surface area (Å²) >= 11 is 0. The largest absolute Gasteiger partial charge is 0.373 e. The Morgan fingerprint density at radius 3 is 2.76 bits per heavy atom.